The van der Waals surface area contributed by atoms with Crippen LogP contribution in [0.2, 0.25) is 0 Å². The van der Waals surface area contributed by atoms with E-state index in [-0.39, 0.29) is 5.82 Å². The fourth-order valence-corrected chi connectivity index (χ4v) is 4.74. The van der Waals surface area contributed by atoms with Crippen molar-refractivity contribution in [2.24, 2.45) is 0 Å². The molecule has 0 aromatic heterocycles. The molecule has 0 aliphatic heterocycles. The first kappa shape index (κ1) is 17.9. The van der Waals surface area contributed by atoms with E-state index >= 15 is 0 Å². The van der Waals surface area contributed by atoms with Gasteiger partial charge in [0.1, 0.15) is 5.82 Å². The van der Waals surface area contributed by atoms with E-state index in [1.54, 1.807) is 12.1 Å². The molecule has 6 aromatic rings. The van der Waals surface area contributed by atoms with Crippen LogP contribution in [0.1, 0.15) is 0 Å². The minimum absolute atomic E-state index is 0.218. The molecule has 0 atom stereocenters. The van der Waals surface area contributed by atoms with E-state index in [1.165, 1.54) is 38.7 Å². The molecular weight excluding hydrogens is 379 g/mol. The molecule has 0 bridgehead atoms. The third-order valence-electron chi connectivity index (χ3n) is 6.08. The van der Waals surface area contributed by atoms with Gasteiger partial charge in [-0.3, -0.25) is 0 Å². The Labute approximate surface area is 180 Å². The summed E-state index contributed by atoms with van der Waals surface area (Å²) in [6.07, 6.45) is 0. The summed E-state index contributed by atoms with van der Waals surface area (Å²) in [6.45, 7) is 0. The second-order valence-electron chi connectivity index (χ2n) is 7.91. The molecule has 0 nitrogen and oxygen atoms in total. The van der Waals surface area contributed by atoms with Gasteiger partial charge in [-0.2, -0.15) is 0 Å². The highest BCUT2D eigenvalue weighted by Crippen LogP contribution is 2.43. The summed E-state index contributed by atoms with van der Waals surface area (Å²) in [4.78, 5) is 0. The van der Waals surface area contributed by atoms with Crippen LogP contribution in [0, 0.1) is 5.82 Å². The van der Waals surface area contributed by atoms with Crippen molar-refractivity contribution in [1.82, 2.24) is 0 Å². The summed E-state index contributed by atoms with van der Waals surface area (Å²) in [5.41, 5.74) is 4.39. The first-order valence-electron chi connectivity index (χ1n) is 10.5. The van der Waals surface area contributed by atoms with Crippen molar-refractivity contribution < 1.29 is 4.39 Å². The normalized spacial score (nSPS) is 11.4. The highest BCUT2D eigenvalue weighted by molar-refractivity contribution is 6.21. The minimum Gasteiger partial charge on any atom is -0.207 e. The zero-order valence-electron chi connectivity index (χ0n) is 16.8. The summed E-state index contributed by atoms with van der Waals surface area (Å²) >= 11 is 0. The number of rotatable bonds is 2. The fourth-order valence-electron chi connectivity index (χ4n) is 4.74. The summed E-state index contributed by atoms with van der Waals surface area (Å²) in [5.74, 6) is -0.218. The Morgan fingerprint density at radius 2 is 0.903 bits per heavy atom. The Bertz CT molecular complexity index is 1540. The van der Waals surface area contributed by atoms with E-state index in [4.69, 9.17) is 0 Å². The topological polar surface area (TPSA) is 0 Å². The van der Waals surface area contributed by atoms with Gasteiger partial charge in [0.25, 0.3) is 0 Å². The SMILES string of the molecule is Fc1cccc(-c2c3ccccc3c(-c3ccc4ccccc4c3)c3ccccc23)c1. The Balaban J connectivity index is 1.78. The third-order valence-corrected chi connectivity index (χ3v) is 6.08. The van der Waals surface area contributed by atoms with E-state index in [9.17, 15) is 4.39 Å². The first-order chi connectivity index (χ1) is 15.3. The van der Waals surface area contributed by atoms with Crippen LogP contribution >= 0.6 is 0 Å². The molecule has 0 saturated carbocycles. The number of hydrogen-bond donors (Lipinski definition) is 0. The molecule has 0 aliphatic rings. The van der Waals surface area contributed by atoms with Crippen molar-refractivity contribution in [1.29, 1.82) is 0 Å². The maximum absolute atomic E-state index is 14.1. The molecule has 0 unspecified atom stereocenters. The van der Waals surface area contributed by atoms with Crippen molar-refractivity contribution in [3.63, 3.8) is 0 Å². The van der Waals surface area contributed by atoms with Crippen molar-refractivity contribution in [2.75, 3.05) is 0 Å². The quantitative estimate of drug-likeness (QED) is 0.256. The lowest BCUT2D eigenvalue weighted by Gasteiger charge is -2.18. The number of fused-ring (bicyclic) bond motifs is 3. The molecule has 0 spiro atoms. The fraction of sp³-hybridized carbons (Fsp3) is 0. The zero-order chi connectivity index (χ0) is 20.8. The van der Waals surface area contributed by atoms with Crippen LogP contribution in [0.3, 0.4) is 0 Å². The lowest BCUT2D eigenvalue weighted by Crippen LogP contribution is -1.91. The largest absolute Gasteiger partial charge is 0.207 e. The molecule has 0 amide bonds. The van der Waals surface area contributed by atoms with Crippen LogP contribution in [0.5, 0.6) is 0 Å². The van der Waals surface area contributed by atoms with Gasteiger partial charge in [0.05, 0.1) is 0 Å². The van der Waals surface area contributed by atoms with Crippen LogP contribution in [-0.2, 0) is 0 Å². The second-order valence-corrected chi connectivity index (χ2v) is 7.91. The van der Waals surface area contributed by atoms with Crippen molar-refractivity contribution in [3.05, 3.63) is 121 Å². The molecule has 1 heteroatoms. The summed E-state index contributed by atoms with van der Waals surface area (Å²) in [5, 5.41) is 7.08. The predicted octanol–water partition coefficient (Wildman–Crippen LogP) is 8.62. The molecule has 0 heterocycles. The lowest BCUT2D eigenvalue weighted by molar-refractivity contribution is 0.628. The van der Waals surface area contributed by atoms with Crippen molar-refractivity contribution in [2.45, 2.75) is 0 Å². The maximum atomic E-state index is 14.1. The Hall–Kier alpha value is -3.97. The van der Waals surface area contributed by atoms with Gasteiger partial charge in [0.15, 0.2) is 0 Å². The van der Waals surface area contributed by atoms with Gasteiger partial charge in [0.2, 0.25) is 0 Å². The molecule has 31 heavy (non-hydrogen) atoms. The van der Waals surface area contributed by atoms with E-state index in [2.05, 4.69) is 91.0 Å². The standard InChI is InChI=1S/C30H19F/c31-24-11-7-10-22(19-24)29-25-12-3-5-14-27(25)30(28-15-6-4-13-26(28)29)23-17-16-20-8-1-2-9-21(20)18-23/h1-19H. The van der Waals surface area contributed by atoms with Gasteiger partial charge < -0.3 is 0 Å². The monoisotopic (exact) mass is 398 g/mol. The molecule has 0 saturated heterocycles. The Kier molecular flexibility index (Phi) is 4.07. The molecule has 6 rings (SSSR count). The van der Waals surface area contributed by atoms with E-state index in [0.717, 1.165) is 21.9 Å². The molecular formula is C30H19F. The second kappa shape index (κ2) is 7.07. The van der Waals surface area contributed by atoms with Crippen molar-refractivity contribution in [3.8, 4) is 22.3 Å². The average molecular weight is 398 g/mol. The smallest absolute Gasteiger partial charge is 0.123 e. The van der Waals surface area contributed by atoms with Gasteiger partial charge in [-0.1, -0.05) is 97.1 Å². The van der Waals surface area contributed by atoms with E-state index in [1.807, 2.05) is 6.07 Å². The number of benzene rings is 6. The Morgan fingerprint density at radius 3 is 1.48 bits per heavy atom. The summed E-state index contributed by atoms with van der Waals surface area (Å²) < 4.78 is 14.1. The van der Waals surface area contributed by atoms with Crippen LogP contribution in [0.15, 0.2) is 115 Å². The van der Waals surface area contributed by atoms with Gasteiger partial charge >= 0.3 is 0 Å². The Morgan fingerprint density at radius 1 is 0.387 bits per heavy atom. The number of halogens is 1. The van der Waals surface area contributed by atoms with Gasteiger partial charge in [-0.05, 0) is 72.8 Å². The van der Waals surface area contributed by atoms with Crippen LogP contribution < -0.4 is 0 Å². The van der Waals surface area contributed by atoms with Gasteiger partial charge in [-0.15, -0.1) is 0 Å². The van der Waals surface area contributed by atoms with E-state index in [0.29, 0.717) is 0 Å². The van der Waals surface area contributed by atoms with Crippen LogP contribution in [0.4, 0.5) is 4.39 Å². The molecule has 0 fully saturated rings. The summed E-state index contributed by atoms with van der Waals surface area (Å²) in [6, 6.07) is 38.9. The molecule has 0 N–H and O–H groups in total. The summed E-state index contributed by atoms with van der Waals surface area (Å²) in [7, 11) is 0. The highest BCUT2D eigenvalue weighted by atomic mass is 19.1. The zero-order valence-corrected chi connectivity index (χ0v) is 16.8. The number of hydrogen-bond acceptors (Lipinski definition) is 0. The minimum atomic E-state index is -0.218. The van der Waals surface area contributed by atoms with Crippen LogP contribution in [-0.4, -0.2) is 0 Å². The molecule has 6 aromatic carbocycles. The maximum Gasteiger partial charge on any atom is 0.123 e. The third kappa shape index (κ3) is 2.90. The lowest BCUT2D eigenvalue weighted by atomic mass is 9.85. The molecule has 0 radical (unpaired) electrons. The van der Waals surface area contributed by atoms with E-state index < -0.39 is 0 Å². The van der Waals surface area contributed by atoms with Crippen LogP contribution in [0.25, 0.3) is 54.6 Å². The molecule has 0 aliphatic carbocycles. The predicted molar refractivity (Wildman–Crippen MR) is 130 cm³/mol. The highest BCUT2D eigenvalue weighted by Gasteiger charge is 2.16. The van der Waals surface area contributed by atoms with Crippen molar-refractivity contribution >= 4 is 32.3 Å². The van der Waals surface area contributed by atoms with Gasteiger partial charge in [-0.25, -0.2) is 4.39 Å². The van der Waals surface area contributed by atoms with Gasteiger partial charge in [0, 0.05) is 0 Å². The first-order valence-corrected chi connectivity index (χ1v) is 10.5. The average Bonchev–Trinajstić information content (AvgIpc) is 2.82. The molecule has 146 valence electrons.